The molecule has 1 aliphatic heterocycles. The molecule has 0 aromatic heterocycles. The highest BCUT2D eigenvalue weighted by molar-refractivity contribution is 6.16. The molecule has 0 bridgehead atoms. The molecule has 1 aromatic carbocycles. The van der Waals surface area contributed by atoms with Crippen molar-refractivity contribution in [1.29, 1.82) is 0 Å². The summed E-state index contributed by atoms with van der Waals surface area (Å²) in [6, 6.07) is 5.98. The van der Waals surface area contributed by atoms with Crippen molar-refractivity contribution in [3.05, 3.63) is 52.2 Å². The topological polar surface area (TPSA) is 92.7 Å². The van der Waals surface area contributed by atoms with Crippen molar-refractivity contribution in [2.24, 2.45) is 0 Å². The lowest BCUT2D eigenvalue weighted by molar-refractivity contribution is -0.136. The van der Waals surface area contributed by atoms with Gasteiger partial charge in [-0.1, -0.05) is 12.1 Å². The number of ether oxygens (including phenoxy) is 1. The Morgan fingerprint density at radius 1 is 1.24 bits per heavy atom. The number of benzene rings is 1. The van der Waals surface area contributed by atoms with Crippen LogP contribution < -0.4 is 5.32 Å². The van der Waals surface area contributed by atoms with Gasteiger partial charge in [0.05, 0.1) is 23.8 Å². The Bertz CT molecular complexity index is 683. The van der Waals surface area contributed by atoms with Crippen LogP contribution in [0, 0.1) is 0 Å². The van der Waals surface area contributed by atoms with Gasteiger partial charge in [-0.3, -0.25) is 4.79 Å². The first-order chi connectivity index (χ1) is 9.93. The third-order valence-corrected chi connectivity index (χ3v) is 3.05. The van der Waals surface area contributed by atoms with E-state index in [0.717, 1.165) is 0 Å². The second-order valence-corrected chi connectivity index (χ2v) is 4.43. The molecule has 2 rings (SSSR count). The van der Waals surface area contributed by atoms with Gasteiger partial charge in [0.15, 0.2) is 0 Å². The number of hydrogen-bond acceptors (Lipinski definition) is 4. The molecule has 0 fully saturated rings. The highest BCUT2D eigenvalue weighted by Gasteiger charge is 2.30. The number of rotatable bonds is 3. The van der Waals surface area contributed by atoms with Crippen LogP contribution in [0.1, 0.15) is 22.8 Å². The van der Waals surface area contributed by atoms with E-state index in [1.165, 1.54) is 25.3 Å². The number of esters is 1. The minimum atomic E-state index is -1.03. The summed E-state index contributed by atoms with van der Waals surface area (Å²) in [4.78, 5) is 34.4. The average molecular weight is 287 g/mol. The molecule has 6 nitrogen and oxygen atoms in total. The van der Waals surface area contributed by atoms with Crippen LogP contribution in [0.5, 0.6) is 0 Å². The molecule has 0 unspecified atom stereocenters. The van der Waals surface area contributed by atoms with Crippen LogP contribution in [0.25, 0.3) is 6.08 Å². The summed E-state index contributed by atoms with van der Waals surface area (Å²) in [6.07, 6.45) is 1.52. The first-order valence-electron chi connectivity index (χ1n) is 6.10. The molecule has 0 aliphatic carbocycles. The van der Waals surface area contributed by atoms with Crippen LogP contribution >= 0.6 is 0 Å². The van der Waals surface area contributed by atoms with Gasteiger partial charge >= 0.3 is 11.9 Å². The molecule has 1 amide bonds. The summed E-state index contributed by atoms with van der Waals surface area (Å²) in [7, 11) is 1.24. The van der Waals surface area contributed by atoms with Crippen molar-refractivity contribution < 1.29 is 24.2 Å². The van der Waals surface area contributed by atoms with Crippen molar-refractivity contribution in [3.63, 3.8) is 0 Å². The molecule has 0 saturated carbocycles. The van der Waals surface area contributed by atoms with Crippen LogP contribution in [0.3, 0.4) is 0 Å². The van der Waals surface area contributed by atoms with E-state index < -0.39 is 17.8 Å². The van der Waals surface area contributed by atoms with Gasteiger partial charge in [0.25, 0.3) is 5.91 Å². The predicted molar refractivity (Wildman–Crippen MR) is 74.2 cm³/mol. The number of aromatic carboxylic acids is 1. The molecule has 1 heterocycles. The highest BCUT2D eigenvalue weighted by Crippen LogP contribution is 2.24. The summed E-state index contributed by atoms with van der Waals surface area (Å²) in [5, 5.41) is 11.4. The van der Waals surface area contributed by atoms with E-state index in [2.05, 4.69) is 10.1 Å². The number of amides is 1. The van der Waals surface area contributed by atoms with Crippen molar-refractivity contribution in [3.8, 4) is 0 Å². The first kappa shape index (κ1) is 14.5. The quantitative estimate of drug-likeness (QED) is 0.646. The number of carboxylic acid groups (broad SMARTS) is 1. The zero-order chi connectivity index (χ0) is 15.6. The van der Waals surface area contributed by atoms with E-state index in [9.17, 15) is 14.4 Å². The third kappa shape index (κ3) is 2.84. The highest BCUT2D eigenvalue weighted by atomic mass is 16.5. The maximum atomic E-state index is 11.9. The van der Waals surface area contributed by atoms with Crippen LogP contribution in [0.15, 0.2) is 41.1 Å². The Labute approximate surface area is 120 Å². The molecular formula is C15H13NO5. The third-order valence-electron chi connectivity index (χ3n) is 3.05. The number of carbonyl (C=O) groups excluding carboxylic acids is 2. The Balaban J connectivity index is 2.41. The molecule has 6 heteroatoms. The fourth-order valence-corrected chi connectivity index (χ4v) is 2.01. The Morgan fingerprint density at radius 3 is 2.38 bits per heavy atom. The van der Waals surface area contributed by atoms with Crippen molar-refractivity contribution >= 4 is 23.9 Å². The smallest absolute Gasteiger partial charge is 0.340 e. The van der Waals surface area contributed by atoms with Gasteiger partial charge in [0, 0.05) is 5.70 Å². The number of carboxylic acids is 1. The molecule has 0 atom stereocenters. The molecule has 21 heavy (non-hydrogen) atoms. The fraction of sp³-hybridized carbons (Fsp3) is 0.133. The van der Waals surface area contributed by atoms with Gasteiger partial charge in [0.1, 0.15) is 0 Å². The summed E-state index contributed by atoms with van der Waals surface area (Å²) in [5.41, 5.74) is 1.57. The standard InChI is InChI=1S/C15H13NO5/c1-8-12(15(20)21-2)11(13(17)16-8)7-9-3-5-10(6-4-9)14(18)19/h3-7H,1-2H3,(H,16,17)(H,18,19)/b11-7+. The fourth-order valence-electron chi connectivity index (χ4n) is 2.01. The number of allylic oxidation sites excluding steroid dienone is 1. The van der Waals surface area contributed by atoms with E-state index in [-0.39, 0.29) is 16.7 Å². The van der Waals surface area contributed by atoms with Crippen molar-refractivity contribution in [1.82, 2.24) is 5.32 Å². The van der Waals surface area contributed by atoms with Crippen molar-refractivity contribution in [2.45, 2.75) is 6.92 Å². The van der Waals surface area contributed by atoms with Gasteiger partial charge in [-0.2, -0.15) is 0 Å². The van der Waals surface area contributed by atoms with Crippen LogP contribution in [0.4, 0.5) is 0 Å². The normalized spacial score (nSPS) is 16.1. The zero-order valence-electron chi connectivity index (χ0n) is 11.5. The summed E-state index contributed by atoms with van der Waals surface area (Å²) < 4.78 is 4.66. The Hall–Kier alpha value is -2.89. The molecule has 0 saturated heterocycles. The lowest BCUT2D eigenvalue weighted by atomic mass is 10.0. The molecule has 0 spiro atoms. The second kappa shape index (κ2) is 5.62. The Kier molecular flexibility index (Phi) is 3.89. The summed E-state index contributed by atoms with van der Waals surface area (Å²) in [6.45, 7) is 1.61. The monoisotopic (exact) mass is 287 g/mol. The largest absolute Gasteiger partial charge is 0.478 e. The van der Waals surface area contributed by atoms with E-state index >= 15 is 0 Å². The lowest BCUT2D eigenvalue weighted by Crippen LogP contribution is -2.15. The second-order valence-electron chi connectivity index (χ2n) is 4.43. The van der Waals surface area contributed by atoms with E-state index in [1.54, 1.807) is 19.1 Å². The first-order valence-corrected chi connectivity index (χ1v) is 6.10. The maximum absolute atomic E-state index is 11.9. The minimum Gasteiger partial charge on any atom is -0.478 e. The molecule has 108 valence electrons. The van der Waals surface area contributed by atoms with Gasteiger partial charge in [-0.05, 0) is 30.7 Å². The van der Waals surface area contributed by atoms with Crippen LogP contribution in [0.2, 0.25) is 0 Å². The van der Waals surface area contributed by atoms with Crippen LogP contribution in [-0.2, 0) is 14.3 Å². The van der Waals surface area contributed by atoms with E-state index in [4.69, 9.17) is 5.11 Å². The maximum Gasteiger partial charge on any atom is 0.340 e. The number of nitrogens with one attached hydrogen (secondary N) is 1. The van der Waals surface area contributed by atoms with Gasteiger partial charge in [-0.15, -0.1) is 0 Å². The SMILES string of the molecule is COC(=O)C1=C(C)NC(=O)/C1=C/c1ccc(C(=O)O)cc1. The molecule has 2 N–H and O–H groups in total. The molecule has 1 aliphatic rings. The molecular weight excluding hydrogens is 274 g/mol. The summed E-state index contributed by atoms with van der Waals surface area (Å²) >= 11 is 0. The number of hydrogen-bond donors (Lipinski definition) is 2. The number of carbonyl (C=O) groups is 3. The minimum absolute atomic E-state index is 0.146. The van der Waals surface area contributed by atoms with Crippen LogP contribution in [-0.4, -0.2) is 30.1 Å². The predicted octanol–water partition coefficient (Wildman–Crippen LogP) is 1.34. The lowest BCUT2D eigenvalue weighted by Gasteiger charge is -2.02. The van der Waals surface area contributed by atoms with Gasteiger partial charge in [0.2, 0.25) is 0 Å². The zero-order valence-corrected chi connectivity index (χ0v) is 11.5. The summed E-state index contributed by atoms with van der Waals surface area (Å²) in [5.74, 6) is -2.02. The Morgan fingerprint density at radius 2 is 1.86 bits per heavy atom. The van der Waals surface area contributed by atoms with E-state index in [1.807, 2.05) is 0 Å². The number of methoxy groups -OCH3 is 1. The van der Waals surface area contributed by atoms with Gasteiger partial charge < -0.3 is 15.2 Å². The van der Waals surface area contributed by atoms with E-state index in [0.29, 0.717) is 11.3 Å². The average Bonchev–Trinajstić information content (AvgIpc) is 2.73. The van der Waals surface area contributed by atoms with Crippen molar-refractivity contribution in [2.75, 3.05) is 7.11 Å². The molecule has 1 aromatic rings. The molecule has 0 radical (unpaired) electrons. The van der Waals surface area contributed by atoms with Gasteiger partial charge in [-0.25, -0.2) is 9.59 Å².